The van der Waals surface area contributed by atoms with E-state index in [4.69, 9.17) is 5.14 Å². The summed E-state index contributed by atoms with van der Waals surface area (Å²) in [5.74, 6) is 0. The average molecular weight is 232 g/mol. The number of thiophene rings is 1. The summed E-state index contributed by atoms with van der Waals surface area (Å²) < 4.78 is 22.3. The second-order valence-electron chi connectivity index (χ2n) is 3.41. The first-order valence-electron chi connectivity index (χ1n) is 4.40. The van der Waals surface area contributed by atoms with E-state index >= 15 is 0 Å². The molecule has 78 valence electrons. The summed E-state index contributed by atoms with van der Waals surface area (Å²) >= 11 is 1.42. The molecule has 0 spiro atoms. The summed E-state index contributed by atoms with van der Waals surface area (Å²) in [6, 6.07) is 2.13. The van der Waals surface area contributed by atoms with Gasteiger partial charge in [0.2, 0.25) is 10.0 Å². The summed E-state index contributed by atoms with van der Waals surface area (Å²) in [6.45, 7) is 0.605. The molecular formula is C8H12N2O2S2. The normalized spacial score (nSPS) is 17.2. The maximum absolute atomic E-state index is 11.1. The van der Waals surface area contributed by atoms with E-state index in [9.17, 15) is 8.42 Å². The SMILES string of the molecule is NS(=O)(=O)c1ccsc1CNC1CC1. The van der Waals surface area contributed by atoms with Crippen LogP contribution >= 0.6 is 11.3 Å². The molecule has 1 aliphatic carbocycles. The predicted octanol–water partition coefficient (Wildman–Crippen LogP) is 0.648. The summed E-state index contributed by atoms with van der Waals surface area (Å²) in [6.07, 6.45) is 2.38. The largest absolute Gasteiger partial charge is 0.309 e. The monoisotopic (exact) mass is 232 g/mol. The Morgan fingerprint density at radius 3 is 2.86 bits per heavy atom. The van der Waals surface area contributed by atoms with Gasteiger partial charge in [0, 0.05) is 17.5 Å². The molecular weight excluding hydrogens is 220 g/mol. The third-order valence-corrected chi connectivity index (χ3v) is 4.19. The van der Waals surface area contributed by atoms with Crippen molar-refractivity contribution in [2.24, 2.45) is 5.14 Å². The number of sulfonamides is 1. The lowest BCUT2D eigenvalue weighted by Crippen LogP contribution is -2.18. The third kappa shape index (κ3) is 2.33. The van der Waals surface area contributed by atoms with E-state index in [1.165, 1.54) is 24.2 Å². The van der Waals surface area contributed by atoms with Crippen LogP contribution in [0.3, 0.4) is 0 Å². The Labute approximate surface area is 87.2 Å². The van der Waals surface area contributed by atoms with Gasteiger partial charge in [-0.2, -0.15) is 0 Å². The average Bonchev–Trinajstić information content (AvgIpc) is 2.77. The van der Waals surface area contributed by atoms with E-state index in [2.05, 4.69) is 5.32 Å². The number of nitrogens with one attached hydrogen (secondary N) is 1. The van der Waals surface area contributed by atoms with E-state index in [0.29, 0.717) is 12.6 Å². The minimum Gasteiger partial charge on any atom is -0.309 e. The molecule has 6 heteroatoms. The second kappa shape index (κ2) is 3.62. The molecule has 2 rings (SSSR count). The van der Waals surface area contributed by atoms with Gasteiger partial charge in [-0.25, -0.2) is 13.6 Å². The number of primary sulfonamides is 1. The first kappa shape index (κ1) is 10.1. The molecule has 3 N–H and O–H groups in total. The van der Waals surface area contributed by atoms with Crippen molar-refractivity contribution in [3.63, 3.8) is 0 Å². The van der Waals surface area contributed by atoms with Crippen LogP contribution in [0.15, 0.2) is 16.3 Å². The second-order valence-corrected chi connectivity index (χ2v) is 5.94. The van der Waals surface area contributed by atoms with Gasteiger partial charge in [0.05, 0.1) is 4.90 Å². The molecule has 0 unspecified atom stereocenters. The Morgan fingerprint density at radius 1 is 1.57 bits per heavy atom. The summed E-state index contributed by atoms with van der Waals surface area (Å²) in [5, 5.41) is 10.1. The molecule has 1 fully saturated rings. The first-order chi connectivity index (χ1) is 6.57. The van der Waals surface area contributed by atoms with Crippen LogP contribution in [0.5, 0.6) is 0 Å². The third-order valence-electron chi connectivity index (χ3n) is 2.14. The Balaban J connectivity index is 2.12. The van der Waals surface area contributed by atoms with Crippen molar-refractivity contribution in [3.05, 3.63) is 16.3 Å². The van der Waals surface area contributed by atoms with E-state index < -0.39 is 10.0 Å². The van der Waals surface area contributed by atoms with Crippen LogP contribution in [0.25, 0.3) is 0 Å². The van der Waals surface area contributed by atoms with Crippen LogP contribution in [0, 0.1) is 0 Å². The standard InChI is InChI=1S/C8H12N2O2S2/c9-14(11,12)8-3-4-13-7(8)5-10-6-1-2-6/h3-4,6,10H,1-2,5H2,(H2,9,11,12). The topological polar surface area (TPSA) is 72.2 Å². The Morgan fingerprint density at radius 2 is 2.29 bits per heavy atom. The zero-order valence-electron chi connectivity index (χ0n) is 7.56. The Hall–Kier alpha value is -0.430. The molecule has 1 saturated carbocycles. The van der Waals surface area contributed by atoms with E-state index in [0.717, 1.165) is 4.88 Å². The minimum absolute atomic E-state index is 0.260. The fourth-order valence-electron chi connectivity index (χ4n) is 1.24. The number of rotatable bonds is 4. The molecule has 0 aliphatic heterocycles. The van der Waals surface area contributed by atoms with Crippen molar-refractivity contribution in [2.75, 3.05) is 0 Å². The lowest BCUT2D eigenvalue weighted by Gasteiger charge is -2.02. The molecule has 0 bridgehead atoms. The summed E-state index contributed by atoms with van der Waals surface area (Å²) in [5.41, 5.74) is 0. The Bertz CT molecular complexity index is 420. The van der Waals surface area contributed by atoms with Gasteiger partial charge >= 0.3 is 0 Å². The van der Waals surface area contributed by atoms with Crippen molar-refractivity contribution in [2.45, 2.75) is 30.3 Å². The van der Waals surface area contributed by atoms with Gasteiger partial charge in [-0.3, -0.25) is 0 Å². The van der Waals surface area contributed by atoms with Gasteiger partial charge < -0.3 is 5.32 Å². The number of nitrogens with two attached hydrogens (primary N) is 1. The van der Waals surface area contributed by atoms with Gasteiger partial charge in [0.1, 0.15) is 0 Å². The molecule has 0 atom stereocenters. The van der Waals surface area contributed by atoms with Gasteiger partial charge in [-0.05, 0) is 24.3 Å². The fraction of sp³-hybridized carbons (Fsp3) is 0.500. The van der Waals surface area contributed by atoms with Gasteiger partial charge in [0.25, 0.3) is 0 Å². The van der Waals surface area contributed by atoms with Crippen molar-refractivity contribution in [3.8, 4) is 0 Å². The fourth-order valence-corrected chi connectivity index (χ4v) is 3.18. The molecule has 1 heterocycles. The van der Waals surface area contributed by atoms with Crippen molar-refractivity contribution >= 4 is 21.4 Å². The van der Waals surface area contributed by atoms with Crippen molar-refractivity contribution in [1.29, 1.82) is 0 Å². The highest BCUT2D eigenvalue weighted by molar-refractivity contribution is 7.89. The lowest BCUT2D eigenvalue weighted by molar-refractivity contribution is 0.595. The molecule has 1 aliphatic rings. The zero-order valence-corrected chi connectivity index (χ0v) is 9.20. The van der Waals surface area contributed by atoms with Crippen LogP contribution in [0.4, 0.5) is 0 Å². The zero-order chi connectivity index (χ0) is 10.2. The van der Waals surface area contributed by atoms with Crippen LogP contribution in [-0.4, -0.2) is 14.5 Å². The molecule has 0 amide bonds. The maximum atomic E-state index is 11.1. The first-order valence-corrected chi connectivity index (χ1v) is 6.82. The number of hydrogen-bond donors (Lipinski definition) is 2. The van der Waals surface area contributed by atoms with Crippen LogP contribution in [-0.2, 0) is 16.6 Å². The smallest absolute Gasteiger partial charge is 0.239 e. The highest BCUT2D eigenvalue weighted by atomic mass is 32.2. The molecule has 0 aromatic carbocycles. The summed E-state index contributed by atoms with van der Waals surface area (Å²) in [7, 11) is -3.55. The molecule has 0 radical (unpaired) electrons. The lowest BCUT2D eigenvalue weighted by atomic mass is 10.4. The quantitative estimate of drug-likeness (QED) is 0.800. The molecule has 1 aromatic rings. The van der Waals surface area contributed by atoms with Crippen molar-refractivity contribution < 1.29 is 8.42 Å². The summed E-state index contributed by atoms with van der Waals surface area (Å²) in [4.78, 5) is 1.06. The highest BCUT2D eigenvalue weighted by Gasteiger charge is 2.22. The van der Waals surface area contributed by atoms with Crippen LogP contribution in [0.2, 0.25) is 0 Å². The predicted molar refractivity (Wildman–Crippen MR) is 55.6 cm³/mol. The van der Waals surface area contributed by atoms with E-state index in [-0.39, 0.29) is 4.90 Å². The van der Waals surface area contributed by atoms with Gasteiger partial charge in [0.15, 0.2) is 0 Å². The highest BCUT2D eigenvalue weighted by Crippen LogP contribution is 2.23. The van der Waals surface area contributed by atoms with Gasteiger partial charge in [-0.15, -0.1) is 11.3 Å². The molecule has 4 nitrogen and oxygen atoms in total. The molecule has 0 saturated heterocycles. The Kier molecular flexibility index (Phi) is 2.61. The number of hydrogen-bond acceptors (Lipinski definition) is 4. The maximum Gasteiger partial charge on any atom is 0.239 e. The van der Waals surface area contributed by atoms with Crippen LogP contribution in [0.1, 0.15) is 17.7 Å². The van der Waals surface area contributed by atoms with E-state index in [1.807, 2.05) is 0 Å². The molecule has 1 aromatic heterocycles. The van der Waals surface area contributed by atoms with Crippen LogP contribution < -0.4 is 10.5 Å². The molecule has 14 heavy (non-hydrogen) atoms. The van der Waals surface area contributed by atoms with Gasteiger partial charge in [-0.1, -0.05) is 0 Å². The minimum atomic E-state index is -3.55. The van der Waals surface area contributed by atoms with E-state index in [1.54, 1.807) is 11.4 Å². The van der Waals surface area contributed by atoms with Crippen molar-refractivity contribution in [1.82, 2.24) is 5.32 Å².